The second-order valence-corrected chi connectivity index (χ2v) is 17.6. The van der Waals surface area contributed by atoms with Gasteiger partial charge in [-0.25, -0.2) is 9.98 Å². The van der Waals surface area contributed by atoms with E-state index in [4.69, 9.17) is 14.4 Å². The van der Waals surface area contributed by atoms with E-state index in [0.29, 0.717) is 0 Å². The Morgan fingerprint density at radius 3 is 1.89 bits per heavy atom. The molecule has 1 N–H and O–H groups in total. The number of amidine groups is 2. The highest BCUT2D eigenvalue weighted by Crippen LogP contribution is 2.43. The van der Waals surface area contributed by atoms with Gasteiger partial charge in [0.2, 0.25) is 0 Å². The Kier molecular flexibility index (Phi) is 8.43. The van der Waals surface area contributed by atoms with Crippen LogP contribution in [0.3, 0.4) is 0 Å². The molecule has 1 atom stereocenters. The van der Waals surface area contributed by atoms with Crippen molar-refractivity contribution in [2.24, 2.45) is 9.98 Å². The van der Waals surface area contributed by atoms with Gasteiger partial charge in [0.25, 0.3) is 0 Å². The molecule has 0 spiro atoms. The Morgan fingerprint density at radius 2 is 1.00 bits per heavy atom. The highest BCUT2D eigenvalue weighted by atomic mass is 32.1. The molecule has 12 aromatic rings. The van der Waals surface area contributed by atoms with Gasteiger partial charge in [-0.15, -0.1) is 11.3 Å². The van der Waals surface area contributed by atoms with Crippen molar-refractivity contribution in [2.75, 3.05) is 0 Å². The molecule has 0 radical (unpaired) electrons. The summed E-state index contributed by atoms with van der Waals surface area (Å²) in [5.41, 5.74) is 11.8. The van der Waals surface area contributed by atoms with E-state index in [1.807, 2.05) is 17.4 Å². The van der Waals surface area contributed by atoms with Gasteiger partial charge in [0, 0.05) is 47.6 Å². The van der Waals surface area contributed by atoms with Gasteiger partial charge in [-0.1, -0.05) is 176 Å². The third-order valence-electron chi connectivity index (χ3n) is 12.8. The normalized spacial score (nSPS) is 14.1. The SMILES string of the molecule is c1ccc(C2=NC(c3cccc4c(-c5cccc6oc7ccc(-c8ccc9c(c8)sc8ccccc89)cc7c56)cccc34)N=C(c3ccc(-c4ccc5ccccc5c4)cc3)N2)cc1. The number of thiophene rings is 1. The minimum absolute atomic E-state index is 0.475. The number of hydrogen-bond acceptors (Lipinski definition) is 5. The summed E-state index contributed by atoms with van der Waals surface area (Å²) in [6, 6.07) is 75.8. The summed E-state index contributed by atoms with van der Waals surface area (Å²) in [5.74, 6) is 1.58. The van der Waals surface area contributed by atoms with E-state index >= 15 is 0 Å². The van der Waals surface area contributed by atoms with Crippen molar-refractivity contribution < 1.29 is 4.42 Å². The lowest BCUT2D eigenvalue weighted by atomic mass is 9.92. The van der Waals surface area contributed by atoms with Crippen LogP contribution >= 0.6 is 11.3 Å². The van der Waals surface area contributed by atoms with Crippen molar-refractivity contribution in [3.05, 3.63) is 229 Å². The molecule has 2 aromatic heterocycles. The molecule has 1 aliphatic rings. The summed E-state index contributed by atoms with van der Waals surface area (Å²) in [6.45, 7) is 0. The van der Waals surface area contributed by atoms with E-state index in [-0.39, 0.29) is 0 Å². The predicted octanol–water partition coefficient (Wildman–Crippen LogP) is 15.8. The molecule has 64 heavy (non-hydrogen) atoms. The number of nitrogens with zero attached hydrogens (tertiary/aromatic N) is 2. The number of hydrogen-bond donors (Lipinski definition) is 1. The molecule has 5 heteroatoms. The Morgan fingerprint density at radius 1 is 0.375 bits per heavy atom. The Hall–Kier alpha value is -8.12. The van der Waals surface area contributed by atoms with Crippen LogP contribution < -0.4 is 5.32 Å². The van der Waals surface area contributed by atoms with Crippen LogP contribution in [-0.2, 0) is 0 Å². The molecular weight excluding hydrogens is 799 g/mol. The van der Waals surface area contributed by atoms with Crippen LogP contribution in [0.1, 0.15) is 22.9 Å². The first-order chi connectivity index (χ1) is 31.7. The fourth-order valence-electron chi connectivity index (χ4n) is 9.60. The molecule has 3 heterocycles. The lowest BCUT2D eigenvalue weighted by molar-refractivity contribution is 0.669. The number of benzene rings is 10. The van der Waals surface area contributed by atoms with Crippen molar-refractivity contribution in [1.82, 2.24) is 5.32 Å². The molecule has 0 saturated carbocycles. The minimum Gasteiger partial charge on any atom is -0.456 e. The highest BCUT2D eigenvalue weighted by Gasteiger charge is 2.24. The topological polar surface area (TPSA) is 49.9 Å². The van der Waals surface area contributed by atoms with Gasteiger partial charge in [-0.2, -0.15) is 0 Å². The van der Waals surface area contributed by atoms with Crippen molar-refractivity contribution in [1.29, 1.82) is 0 Å². The summed E-state index contributed by atoms with van der Waals surface area (Å²) in [6.07, 6.45) is -0.475. The van der Waals surface area contributed by atoms with Crippen LogP contribution in [0.25, 0.3) is 97.0 Å². The van der Waals surface area contributed by atoms with Crippen LogP contribution in [-0.4, -0.2) is 11.7 Å². The third kappa shape index (κ3) is 6.12. The Balaban J connectivity index is 0.910. The van der Waals surface area contributed by atoms with Gasteiger partial charge >= 0.3 is 0 Å². The Labute approximate surface area is 373 Å². The van der Waals surface area contributed by atoms with E-state index < -0.39 is 6.17 Å². The van der Waals surface area contributed by atoms with E-state index in [1.165, 1.54) is 47.6 Å². The third-order valence-corrected chi connectivity index (χ3v) is 13.9. The molecule has 13 rings (SSSR count). The maximum absolute atomic E-state index is 6.56. The van der Waals surface area contributed by atoms with Gasteiger partial charge in [0.1, 0.15) is 22.8 Å². The van der Waals surface area contributed by atoms with Crippen molar-refractivity contribution in [3.8, 4) is 33.4 Å². The lowest BCUT2D eigenvalue weighted by Gasteiger charge is -2.23. The summed E-state index contributed by atoms with van der Waals surface area (Å²) in [7, 11) is 0. The van der Waals surface area contributed by atoms with Crippen LogP contribution in [0, 0.1) is 0 Å². The highest BCUT2D eigenvalue weighted by molar-refractivity contribution is 7.25. The van der Waals surface area contributed by atoms with Crippen molar-refractivity contribution >= 4 is 86.7 Å². The van der Waals surface area contributed by atoms with Crippen molar-refractivity contribution in [2.45, 2.75) is 6.17 Å². The zero-order valence-corrected chi connectivity index (χ0v) is 35.3. The molecule has 0 bridgehead atoms. The number of furan rings is 1. The first-order valence-corrected chi connectivity index (χ1v) is 22.5. The van der Waals surface area contributed by atoms with Gasteiger partial charge in [0.05, 0.1) is 0 Å². The van der Waals surface area contributed by atoms with Crippen LogP contribution in [0.5, 0.6) is 0 Å². The number of rotatable bonds is 6. The molecule has 300 valence electrons. The van der Waals surface area contributed by atoms with E-state index in [9.17, 15) is 0 Å². The second kappa shape index (κ2) is 14.8. The molecule has 1 aliphatic heterocycles. The smallest absolute Gasteiger partial charge is 0.170 e. The van der Waals surface area contributed by atoms with Gasteiger partial charge in [-0.05, 0) is 91.3 Å². The number of nitrogens with one attached hydrogen (secondary N) is 1. The molecule has 0 amide bonds. The maximum Gasteiger partial charge on any atom is 0.170 e. The number of fused-ring (bicyclic) bond motifs is 8. The second-order valence-electron chi connectivity index (χ2n) is 16.5. The average molecular weight is 836 g/mol. The molecule has 0 fully saturated rings. The summed E-state index contributed by atoms with van der Waals surface area (Å²) in [5, 5.41) is 13.2. The molecule has 1 unspecified atom stereocenters. The summed E-state index contributed by atoms with van der Waals surface area (Å²) >= 11 is 1.85. The summed E-state index contributed by atoms with van der Waals surface area (Å²) < 4.78 is 9.17. The quantitative estimate of drug-likeness (QED) is 0.181. The Bertz CT molecular complexity index is 3880. The molecule has 0 aliphatic carbocycles. The van der Waals surface area contributed by atoms with E-state index in [2.05, 4.69) is 212 Å². The van der Waals surface area contributed by atoms with Crippen molar-refractivity contribution in [3.63, 3.8) is 0 Å². The fraction of sp³-hybridized carbons (Fsp3) is 0.0169. The van der Waals surface area contributed by atoms with Gasteiger partial charge in [-0.3, -0.25) is 0 Å². The van der Waals surface area contributed by atoms with Crippen LogP contribution in [0.15, 0.2) is 227 Å². The van der Waals surface area contributed by atoms with Crippen LogP contribution in [0.4, 0.5) is 0 Å². The largest absolute Gasteiger partial charge is 0.456 e. The molecule has 0 saturated heterocycles. The van der Waals surface area contributed by atoms with E-state index in [1.54, 1.807) is 0 Å². The fourth-order valence-corrected chi connectivity index (χ4v) is 10.7. The molecular formula is C59H37N3OS. The first kappa shape index (κ1) is 36.5. The predicted molar refractivity (Wildman–Crippen MR) is 270 cm³/mol. The lowest BCUT2D eigenvalue weighted by Crippen LogP contribution is -2.36. The molecule has 10 aromatic carbocycles. The average Bonchev–Trinajstić information content (AvgIpc) is 3.94. The first-order valence-electron chi connectivity index (χ1n) is 21.7. The zero-order valence-electron chi connectivity index (χ0n) is 34.5. The summed E-state index contributed by atoms with van der Waals surface area (Å²) in [4.78, 5) is 10.7. The maximum atomic E-state index is 6.56. The standard InChI is InChI=1S/C59H37N3OS/c1-2-12-38(13-3-1)57-60-58(39-26-23-37(24-27-39)41-28-25-36-11-4-5-14-40(36)33-41)62-59(61-57)50-20-9-16-44-45(17-8-18-46(44)50)49-19-10-21-53-56(49)51-34-42(30-32-52(51)63-53)43-29-31-48-47-15-6-7-22-54(47)64-55(48)35-43/h1-35,59H,(H,60,61,62). The van der Waals surface area contributed by atoms with E-state index in [0.717, 1.165) is 77.8 Å². The minimum atomic E-state index is -0.475. The van der Waals surface area contributed by atoms with Crippen LogP contribution in [0.2, 0.25) is 0 Å². The molecule has 4 nitrogen and oxygen atoms in total. The zero-order chi connectivity index (χ0) is 42.1. The van der Waals surface area contributed by atoms with Gasteiger partial charge < -0.3 is 9.73 Å². The number of aliphatic imine (C=N–C) groups is 2. The van der Waals surface area contributed by atoms with Gasteiger partial charge in [0.15, 0.2) is 6.17 Å². The monoisotopic (exact) mass is 835 g/mol.